The lowest BCUT2D eigenvalue weighted by Gasteiger charge is -2.26. The Kier molecular flexibility index (Phi) is 10.2. The predicted octanol–water partition coefficient (Wildman–Crippen LogP) is 5.54. The SMILES string of the molecule is CCCCCCCCS(=O)(=O)N1CCCN(c2nc(C)nc(C)c2Cc2ccc(Cl)cc2)CC1. The summed E-state index contributed by atoms with van der Waals surface area (Å²) in [5.41, 5.74) is 3.21. The molecule has 1 saturated heterocycles. The molecule has 0 saturated carbocycles. The van der Waals surface area contributed by atoms with Gasteiger partial charge in [0.1, 0.15) is 11.6 Å². The van der Waals surface area contributed by atoms with Gasteiger partial charge in [0.25, 0.3) is 0 Å². The van der Waals surface area contributed by atoms with Crippen molar-refractivity contribution >= 4 is 27.4 Å². The standard InChI is InChI=1S/C26H39ClN4O2S/c1-4-5-6-7-8-9-19-34(32,33)31-16-10-15-30(17-18-31)26-25(21(2)28-22(3)29-26)20-23-11-13-24(27)14-12-23/h11-14H,4-10,15-20H2,1-3H3. The number of benzene rings is 1. The molecule has 188 valence electrons. The lowest BCUT2D eigenvalue weighted by Crippen LogP contribution is -2.37. The number of hydrogen-bond acceptors (Lipinski definition) is 5. The maximum absolute atomic E-state index is 13.0. The van der Waals surface area contributed by atoms with Gasteiger partial charge in [0.05, 0.1) is 5.75 Å². The van der Waals surface area contributed by atoms with Crippen LogP contribution >= 0.6 is 11.6 Å². The van der Waals surface area contributed by atoms with E-state index in [0.717, 1.165) is 72.1 Å². The summed E-state index contributed by atoms with van der Waals surface area (Å²) in [5, 5.41) is 0.718. The molecule has 3 rings (SSSR count). The number of hydrogen-bond donors (Lipinski definition) is 0. The van der Waals surface area contributed by atoms with Crippen molar-refractivity contribution < 1.29 is 8.42 Å². The van der Waals surface area contributed by atoms with E-state index >= 15 is 0 Å². The summed E-state index contributed by atoms with van der Waals surface area (Å²) in [6.07, 6.45) is 8.01. The third-order valence-corrected chi connectivity index (χ3v) is 8.71. The van der Waals surface area contributed by atoms with Crippen molar-refractivity contribution in [3.63, 3.8) is 0 Å². The number of nitrogens with zero attached hydrogens (tertiary/aromatic N) is 4. The number of anilines is 1. The largest absolute Gasteiger partial charge is 0.355 e. The number of halogens is 1. The van der Waals surface area contributed by atoms with Crippen molar-refractivity contribution in [1.82, 2.24) is 14.3 Å². The van der Waals surface area contributed by atoms with Crippen LogP contribution in [0.25, 0.3) is 0 Å². The van der Waals surface area contributed by atoms with Crippen molar-refractivity contribution in [3.8, 4) is 0 Å². The van der Waals surface area contributed by atoms with E-state index in [1.165, 1.54) is 19.3 Å². The van der Waals surface area contributed by atoms with Gasteiger partial charge in [-0.25, -0.2) is 22.7 Å². The Morgan fingerprint density at radius 1 is 0.912 bits per heavy atom. The molecular weight excluding hydrogens is 468 g/mol. The van der Waals surface area contributed by atoms with Gasteiger partial charge in [-0.2, -0.15) is 0 Å². The van der Waals surface area contributed by atoms with Crippen LogP contribution in [0.5, 0.6) is 0 Å². The first-order chi connectivity index (χ1) is 16.3. The van der Waals surface area contributed by atoms with Crippen LogP contribution in [0.1, 0.15) is 74.5 Å². The third kappa shape index (κ3) is 7.65. The summed E-state index contributed by atoms with van der Waals surface area (Å²) in [5.74, 6) is 1.92. The van der Waals surface area contributed by atoms with Gasteiger partial charge < -0.3 is 4.90 Å². The van der Waals surface area contributed by atoms with Crippen LogP contribution < -0.4 is 4.90 Å². The molecule has 0 radical (unpaired) electrons. The Labute approximate surface area is 210 Å². The summed E-state index contributed by atoms with van der Waals surface area (Å²) < 4.78 is 27.7. The summed E-state index contributed by atoms with van der Waals surface area (Å²) in [6.45, 7) is 8.63. The van der Waals surface area contributed by atoms with Crippen molar-refractivity contribution in [2.75, 3.05) is 36.8 Å². The van der Waals surface area contributed by atoms with Crippen molar-refractivity contribution in [2.45, 2.75) is 72.1 Å². The van der Waals surface area contributed by atoms with Crippen LogP contribution in [0.3, 0.4) is 0 Å². The highest BCUT2D eigenvalue weighted by Crippen LogP contribution is 2.26. The van der Waals surface area contributed by atoms with Crippen LogP contribution in [0.15, 0.2) is 24.3 Å². The first kappa shape index (κ1) is 26.9. The summed E-state index contributed by atoms with van der Waals surface area (Å²) in [7, 11) is -3.22. The Bertz CT molecular complexity index is 1030. The fraction of sp³-hybridized carbons (Fsp3) is 0.615. The Morgan fingerprint density at radius 2 is 1.62 bits per heavy atom. The number of aryl methyl sites for hydroxylation is 2. The molecule has 0 unspecified atom stereocenters. The normalized spacial score (nSPS) is 15.5. The van der Waals surface area contributed by atoms with E-state index in [2.05, 4.69) is 16.8 Å². The first-order valence-corrected chi connectivity index (χ1v) is 14.6. The number of rotatable bonds is 11. The van der Waals surface area contributed by atoms with Gasteiger partial charge in [0.15, 0.2) is 0 Å². The second-order valence-corrected chi connectivity index (χ2v) is 11.8. The van der Waals surface area contributed by atoms with Gasteiger partial charge >= 0.3 is 0 Å². The Hall–Kier alpha value is -1.70. The van der Waals surface area contributed by atoms with Crippen LogP contribution in [0, 0.1) is 13.8 Å². The minimum Gasteiger partial charge on any atom is -0.355 e. The summed E-state index contributed by atoms with van der Waals surface area (Å²) in [4.78, 5) is 11.7. The topological polar surface area (TPSA) is 66.4 Å². The first-order valence-electron chi connectivity index (χ1n) is 12.6. The molecule has 34 heavy (non-hydrogen) atoms. The minimum atomic E-state index is -3.22. The van der Waals surface area contributed by atoms with Gasteiger partial charge in [-0.05, 0) is 44.4 Å². The Morgan fingerprint density at radius 3 is 2.35 bits per heavy atom. The maximum atomic E-state index is 13.0. The molecular formula is C26H39ClN4O2S. The third-order valence-electron chi connectivity index (χ3n) is 6.50. The van der Waals surface area contributed by atoms with E-state index in [-0.39, 0.29) is 5.75 Å². The zero-order chi connectivity index (χ0) is 24.6. The van der Waals surface area contributed by atoms with E-state index in [1.807, 2.05) is 38.1 Å². The Balaban J connectivity index is 1.68. The van der Waals surface area contributed by atoms with Crippen LogP contribution in [0.4, 0.5) is 5.82 Å². The van der Waals surface area contributed by atoms with Gasteiger partial charge in [0, 0.05) is 48.9 Å². The monoisotopic (exact) mass is 506 g/mol. The lowest BCUT2D eigenvalue weighted by molar-refractivity contribution is 0.431. The molecule has 0 N–H and O–H groups in total. The number of unbranched alkanes of at least 4 members (excludes halogenated alkanes) is 5. The molecule has 0 amide bonds. The molecule has 0 bridgehead atoms. The molecule has 2 heterocycles. The second-order valence-electron chi connectivity index (χ2n) is 9.29. The van der Waals surface area contributed by atoms with E-state index in [4.69, 9.17) is 16.6 Å². The molecule has 1 aromatic heterocycles. The molecule has 0 aliphatic carbocycles. The molecule has 0 atom stereocenters. The van der Waals surface area contributed by atoms with E-state index in [0.29, 0.717) is 19.6 Å². The number of aromatic nitrogens is 2. The van der Waals surface area contributed by atoms with Crippen LogP contribution in [0.2, 0.25) is 5.02 Å². The fourth-order valence-corrected chi connectivity index (χ4v) is 6.29. The smallest absolute Gasteiger partial charge is 0.214 e. The zero-order valence-corrected chi connectivity index (χ0v) is 22.5. The highest BCUT2D eigenvalue weighted by Gasteiger charge is 2.26. The zero-order valence-electron chi connectivity index (χ0n) is 20.9. The molecule has 1 aliphatic heterocycles. The van der Waals surface area contributed by atoms with Crippen molar-refractivity contribution in [1.29, 1.82) is 0 Å². The van der Waals surface area contributed by atoms with Crippen molar-refractivity contribution in [3.05, 3.63) is 51.9 Å². The molecule has 6 nitrogen and oxygen atoms in total. The maximum Gasteiger partial charge on any atom is 0.214 e. The molecule has 1 aromatic carbocycles. The summed E-state index contributed by atoms with van der Waals surface area (Å²) >= 11 is 6.06. The predicted molar refractivity (Wildman–Crippen MR) is 141 cm³/mol. The highest BCUT2D eigenvalue weighted by molar-refractivity contribution is 7.89. The van der Waals surface area contributed by atoms with E-state index in [1.54, 1.807) is 4.31 Å². The second kappa shape index (κ2) is 12.8. The fourth-order valence-electron chi connectivity index (χ4n) is 4.57. The minimum absolute atomic E-state index is 0.257. The van der Waals surface area contributed by atoms with E-state index in [9.17, 15) is 8.42 Å². The molecule has 1 aliphatic rings. The average Bonchev–Trinajstić information content (AvgIpc) is 3.06. The van der Waals surface area contributed by atoms with Gasteiger partial charge in [-0.15, -0.1) is 0 Å². The molecule has 2 aromatic rings. The average molecular weight is 507 g/mol. The van der Waals surface area contributed by atoms with Crippen LogP contribution in [-0.4, -0.2) is 54.6 Å². The van der Waals surface area contributed by atoms with Gasteiger partial charge in [0.2, 0.25) is 10.0 Å². The molecule has 8 heteroatoms. The van der Waals surface area contributed by atoms with Gasteiger partial charge in [-0.1, -0.05) is 62.8 Å². The van der Waals surface area contributed by atoms with Gasteiger partial charge in [-0.3, -0.25) is 0 Å². The highest BCUT2D eigenvalue weighted by atomic mass is 35.5. The quantitative estimate of drug-likeness (QED) is 0.374. The molecule has 1 fully saturated rings. The summed E-state index contributed by atoms with van der Waals surface area (Å²) in [6, 6.07) is 7.87. The molecule has 0 spiro atoms. The van der Waals surface area contributed by atoms with E-state index < -0.39 is 10.0 Å². The van der Waals surface area contributed by atoms with Crippen molar-refractivity contribution in [2.24, 2.45) is 0 Å². The number of sulfonamides is 1. The lowest BCUT2D eigenvalue weighted by atomic mass is 10.0. The van der Waals surface area contributed by atoms with Crippen LogP contribution in [-0.2, 0) is 16.4 Å².